The Morgan fingerprint density at radius 2 is 0.942 bits per heavy atom. The summed E-state index contributed by atoms with van der Waals surface area (Å²) < 4.78 is 84.0. The summed E-state index contributed by atoms with van der Waals surface area (Å²) in [5.74, 6) is 0. The zero-order chi connectivity index (χ0) is 35.3. The van der Waals surface area contributed by atoms with E-state index in [4.69, 9.17) is 0 Å². The maximum Gasteiger partial charge on any atom is -1.00 e. The summed E-state index contributed by atoms with van der Waals surface area (Å²) in [6.45, 7) is 4.44. The van der Waals surface area contributed by atoms with Gasteiger partial charge < -0.3 is 24.8 Å². The van der Waals surface area contributed by atoms with Crippen molar-refractivity contribution in [3.05, 3.63) is 129 Å². The minimum atomic E-state index is -4.38. The van der Waals surface area contributed by atoms with Gasteiger partial charge in [-0.15, -0.1) is 0 Å². The van der Waals surface area contributed by atoms with Crippen LogP contribution < -0.4 is 24.8 Å². The number of fused-ring (bicyclic) bond motifs is 2. The van der Waals surface area contributed by atoms with Crippen LogP contribution in [0.3, 0.4) is 0 Å². The fourth-order valence-corrected chi connectivity index (χ4v) is 31.7. The quantitative estimate of drug-likeness (QED) is 0.111. The molecule has 3 aliphatic rings. The molecule has 0 bridgehead atoms. The van der Waals surface area contributed by atoms with E-state index in [1.807, 2.05) is 0 Å². The monoisotopic (exact) mass is 922 g/mol. The van der Waals surface area contributed by atoms with Gasteiger partial charge in [0.25, 0.3) is 0 Å². The Kier molecular flexibility index (Phi) is 12.5. The van der Waals surface area contributed by atoms with Gasteiger partial charge in [-0.25, -0.2) is 0 Å². The number of allylic oxidation sites excluding steroid dienone is 2. The summed E-state index contributed by atoms with van der Waals surface area (Å²) in [4.78, 5) is 0. The Balaban J connectivity index is 0.00000261. The average Bonchev–Trinajstić information content (AvgIpc) is 3.64. The van der Waals surface area contributed by atoms with Gasteiger partial charge in [0.15, 0.2) is 0 Å². The molecule has 2 unspecified atom stereocenters. The topological polar surface area (TPSA) is 0 Å². The van der Waals surface area contributed by atoms with Gasteiger partial charge in [-0.3, -0.25) is 0 Å². The zero-order valence-electron chi connectivity index (χ0n) is 29.3. The third kappa shape index (κ3) is 7.40. The predicted octanol–water partition coefficient (Wildman–Crippen LogP) is 8.42. The molecule has 0 spiro atoms. The minimum absolute atomic E-state index is 0. The second kappa shape index (κ2) is 16.0. The van der Waals surface area contributed by atoms with Gasteiger partial charge in [-0.2, -0.15) is 0 Å². The Bertz CT molecular complexity index is 1800. The van der Waals surface area contributed by atoms with Crippen molar-refractivity contribution in [3.8, 4) is 22.3 Å². The maximum absolute atomic E-state index is 13.4. The molecule has 2 atom stereocenters. The van der Waals surface area contributed by atoms with Crippen LogP contribution in [0.5, 0.6) is 0 Å². The van der Waals surface area contributed by atoms with Crippen molar-refractivity contribution >= 4 is 12.2 Å². The zero-order valence-corrected chi connectivity index (χ0v) is 34.4. The molecular formula is C43H42Cl2F6Hf. The molecule has 1 aliphatic heterocycles. The molecule has 7 rings (SSSR count). The molecular weight excluding hydrogens is 880 g/mol. The van der Waals surface area contributed by atoms with Crippen molar-refractivity contribution < 1.29 is 71.1 Å². The molecule has 0 N–H and O–H groups in total. The number of rotatable bonds is 10. The number of alkyl halides is 6. The van der Waals surface area contributed by atoms with E-state index in [1.165, 1.54) is 72.4 Å². The molecule has 52 heavy (non-hydrogen) atoms. The van der Waals surface area contributed by atoms with Crippen molar-refractivity contribution in [3.63, 3.8) is 0 Å². The van der Waals surface area contributed by atoms with Gasteiger partial charge in [0, 0.05) is 0 Å². The van der Waals surface area contributed by atoms with Gasteiger partial charge in [-0.05, 0) is 0 Å². The Morgan fingerprint density at radius 3 is 1.25 bits per heavy atom. The van der Waals surface area contributed by atoms with E-state index in [9.17, 15) is 26.3 Å². The van der Waals surface area contributed by atoms with E-state index < -0.39 is 43.4 Å². The minimum Gasteiger partial charge on any atom is -1.00 e. The molecule has 2 aliphatic carbocycles. The first-order valence-electron chi connectivity index (χ1n) is 18.0. The molecule has 0 nitrogen and oxygen atoms in total. The molecule has 1 fully saturated rings. The van der Waals surface area contributed by atoms with Crippen LogP contribution in [0.1, 0.15) is 99.5 Å². The van der Waals surface area contributed by atoms with Gasteiger partial charge >= 0.3 is 297 Å². The summed E-state index contributed by atoms with van der Waals surface area (Å²) in [7, 11) is 0. The summed E-state index contributed by atoms with van der Waals surface area (Å²) in [6.07, 6.45) is 3.63. The summed E-state index contributed by atoms with van der Waals surface area (Å²) in [5.41, 5.74) is 10.4. The molecule has 4 aromatic carbocycles. The first kappa shape index (κ1) is 40.6. The van der Waals surface area contributed by atoms with Crippen molar-refractivity contribution in [2.24, 2.45) is 0 Å². The molecule has 0 amide bonds. The van der Waals surface area contributed by atoms with Crippen LogP contribution in [0, 0.1) is 0 Å². The fourth-order valence-electron chi connectivity index (χ4n) is 8.99. The molecule has 0 aromatic heterocycles. The number of hydrogen-bond acceptors (Lipinski definition) is 0. The third-order valence-corrected chi connectivity index (χ3v) is 33.8. The second-order valence-corrected chi connectivity index (χ2v) is 31.0. The molecule has 1 saturated heterocycles. The van der Waals surface area contributed by atoms with Gasteiger partial charge in [0.2, 0.25) is 0 Å². The van der Waals surface area contributed by atoms with Crippen molar-refractivity contribution in [1.29, 1.82) is 0 Å². The van der Waals surface area contributed by atoms with Crippen LogP contribution >= 0.6 is 0 Å². The van der Waals surface area contributed by atoms with Crippen molar-refractivity contribution in [1.82, 2.24) is 0 Å². The molecule has 1 heterocycles. The standard InChI is InChI=1S/2C20H18F3.C3H6.2ClH.Hf/c2*1-2-3-5-14-12-16-6-4-7-18(19(16)13-14)15-8-10-17(11-9-15)20(21,22)23;1-3-2;;;/h2*4,6-13H,2-3,5H2,1H3;1-3H2;2*1H;/q;;;;;+2/p-2. The van der Waals surface area contributed by atoms with Crippen molar-refractivity contribution in [2.45, 2.75) is 86.8 Å². The van der Waals surface area contributed by atoms with E-state index in [2.05, 4.69) is 62.4 Å². The van der Waals surface area contributed by atoms with Crippen LogP contribution in [-0.4, -0.2) is 0 Å². The number of benzene rings is 4. The maximum atomic E-state index is 13.4. The molecule has 4 aromatic rings. The molecule has 0 saturated carbocycles. The normalized spacial score (nSPS) is 18.1. The summed E-state index contributed by atoms with van der Waals surface area (Å²) in [5, 5.41) is 0. The van der Waals surface area contributed by atoms with Crippen LogP contribution in [0.4, 0.5) is 26.3 Å². The van der Waals surface area contributed by atoms with Crippen molar-refractivity contribution in [2.75, 3.05) is 0 Å². The van der Waals surface area contributed by atoms with E-state index in [0.717, 1.165) is 60.8 Å². The first-order chi connectivity index (χ1) is 24.0. The molecule has 9 heteroatoms. The Labute approximate surface area is 320 Å². The summed E-state index contributed by atoms with van der Waals surface area (Å²) >= 11 is -3.40. The fraction of sp³-hybridized carbons (Fsp3) is 0.349. The van der Waals surface area contributed by atoms with E-state index in [1.54, 1.807) is 24.3 Å². The van der Waals surface area contributed by atoms with E-state index >= 15 is 0 Å². The number of unbranched alkanes of at least 4 members (excludes halogenated alkanes) is 2. The average molecular weight is 922 g/mol. The van der Waals surface area contributed by atoms with Gasteiger partial charge in [0.1, 0.15) is 0 Å². The SMILES string of the molecule is CCCCC1=Cc2c(-c3ccc(C(F)(F)F)cc3)cccc2[CH]1[Hf+2]1([CH]2C(CCCC)=Cc3c(-c4ccc(C(F)(F)F)cc4)cccc32)[CH2]C[CH2]1.[Cl-].[Cl-]. The number of hydrogen-bond donors (Lipinski definition) is 0. The van der Waals surface area contributed by atoms with Crippen LogP contribution in [0.2, 0.25) is 8.35 Å². The van der Waals surface area contributed by atoms with E-state index in [-0.39, 0.29) is 24.8 Å². The molecule has 274 valence electrons. The number of halogens is 8. The second-order valence-electron chi connectivity index (χ2n) is 14.4. The predicted molar refractivity (Wildman–Crippen MR) is 188 cm³/mol. The molecule has 0 radical (unpaired) electrons. The van der Waals surface area contributed by atoms with Crippen LogP contribution in [-0.2, 0) is 32.3 Å². The van der Waals surface area contributed by atoms with Gasteiger partial charge in [0.05, 0.1) is 0 Å². The Hall–Kier alpha value is -2.61. The Morgan fingerprint density at radius 1 is 0.558 bits per heavy atom. The third-order valence-electron chi connectivity index (χ3n) is 11.4. The summed E-state index contributed by atoms with van der Waals surface area (Å²) in [6, 6.07) is 24.0. The largest absolute Gasteiger partial charge is 1.00 e. The van der Waals surface area contributed by atoms with Crippen LogP contribution in [0.25, 0.3) is 34.4 Å². The van der Waals surface area contributed by atoms with Gasteiger partial charge in [-0.1, -0.05) is 0 Å². The smallest absolute Gasteiger partial charge is 1.00 e. The van der Waals surface area contributed by atoms with E-state index in [0.29, 0.717) is 7.35 Å². The van der Waals surface area contributed by atoms with Crippen LogP contribution in [0.15, 0.2) is 96.1 Å². The first-order valence-corrected chi connectivity index (χ1v) is 27.2.